The summed E-state index contributed by atoms with van der Waals surface area (Å²) in [6.45, 7) is 0. The molecule has 1 aromatic carbocycles. The van der Waals surface area contributed by atoms with Crippen molar-refractivity contribution in [2.75, 3.05) is 11.1 Å². The van der Waals surface area contributed by atoms with Crippen molar-refractivity contribution < 1.29 is 4.79 Å². The number of nitrogens with zero attached hydrogens (tertiary/aromatic N) is 4. The largest absolute Gasteiger partial charge is 0.310 e. The van der Waals surface area contributed by atoms with Crippen LogP contribution in [0.3, 0.4) is 0 Å². The SMILES string of the molecule is Cn1c(SCC(=O)Nc2ccnn2C2CCCC2)nc2ccccc2c1=O. The number of carbonyl (C=O) groups is 1. The number of para-hydroxylation sites is 1. The normalized spacial score (nSPS) is 14.7. The molecule has 0 radical (unpaired) electrons. The summed E-state index contributed by atoms with van der Waals surface area (Å²) < 4.78 is 3.41. The molecule has 0 unspecified atom stereocenters. The Morgan fingerprint density at radius 3 is 2.85 bits per heavy atom. The summed E-state index contributed by atoms with van der Waals surface area (Å²) in [5.74, 6) is 0.768. The van der Waals surface area contributed by atoms with Crippen molar-refractivity contribution in [2.24, 2.45) is 7.05 Å². The molecule has 7 nitrogen and oxygen atoms in total. The topological polar surface area (TPSA) is 81.8 Å². The maximum atomic E-state index is 12.4. The van der Waals surface area contributed by atoms with E-state index in [1.165, 1.54) is 29.2 Å². The average molecular weight is 383 g/mol. The summed E-state index contributed by atoms with van der Waals surface area (Å²) in [6.07, 6.45) is 6.32. The van der Waals surface area contributed by atoms with Crippen molar-refractivity contribution in [3.8, 4) is 0 Å². The lowest BCUT2D eigenvalue weighted by atomic mass is 10.2. The van der Waals surface area contributed by atoms with E-state index in [9.17, 15) is 9.59 Å². The number of hydrogen-bond acceptors (Lipinski definition) is 5. The van der Waals surface area contributed by atoms with Gasteiger partial charge in [-0.3, -0.25) is 14.2 Å². The monoisotopic (exact) mass is 383 g/mol. The molecule has 1 aliphatic rings. The molecule has 1 amide bonds. The average Bonchev–Trinajstić information content (AvgIpc) is 3.35. The van der Waals surface area contributed by atoms with E-state index in [0.717, 1.165) is 18.7 Å². The van der Waals surface area contributed by atoms with Gasteiger partial charge >= 0.3 is 0 Å². The van der Waals surface area contributed by atoms with Gasteiger partial charge in [0.2, 0.25) is 5.91 Å². The molecule has 1 aliphatic carbocycles. The molecule has 3 aromatic rings. The fourth-order valence-corrected chi connectivity index (χ4v) is 4.26. The zero-order chi connectivity index (χ0) is 18.8. The van der Waals surface area contributed by atoms with Crippen LogP contribution in [0.25, 0.3) is 10.9 Å². The van der Waals surface area contributed by atoms with Gasteiger partial charge in [-0.15, -0.1) is 0 Å². The van der Waals surface area contributed by atoms with Crippen LogP contribution < -0.4 is 10.9 Å². The lowest BCUT2D eigenvalue weighted by Crippen LogP contribution is -2.22. The Balaban J connectivity index is 1.46. The third-order valence-corrected chi connectivity index (χ3v) is 5.91. The van der Waals surface area contributed by atoms with E-state index >= 15 is 0 Å². The van der Waals surface area contributed by atoms with E-state index < -0.39 is 0 Å². The summed E-state index contributed by atoms with van der Waals surface area (Å²) in [7, 11) is 1.68. The van der Waals surface area contributed by atoms with Crippen LogP contribution in [0.4, 0.5) is 5.82 Å². The Morgan fingerprint density at radius 1 is 1.26 bits per heavy atom. The Morgan fingerprint density at radius 2 is 2.04 bits per heavy atom. The van der Waals surface area contributed by atoms with E-state index in [2.05, 4.69) is 15.4 Å². The Hall–Kier alpha value is -2.61. The fourth-order valence-electron chi connectivity index (χ4n) is 3.49. The zero-order valence-electron chi connectivity index (χ0n) is 15.1. The second-order valence-electron chi connectivity index (χ2n) is 6.71. The highest BCUT2D eigenvalue weighted by Crippen LogP contribution is 2.31. The second kappa shape index (κ2) is 7.56. The number of rotatable bonds is 5. The number of amides is 1. The van der Waals surface area contributed by atoms with Crippen molar-refractivity contribution in [3.63, 3.8) is 0 Å². The molecule has 0 atom stereocenters. The first-order chi connectivity index (χ1) is 13.1. The highest BCUT2D eigenvalue weighted by atomic mass is 32.2. The van der Waals surface area contributed by atoms with Crippen LogP contribution in [0.1, 0.15) is 31.7 Å². The molecule has 4 rings (SSSR count). The van der Waals surface area contributed by atoms with E-state index in [0.29, 0.717) is 22.1 Å². The van der Waals surface area contributed by atoms with Crippen LogP contribution in [0.15, 0.2) is 46.5 Å². The highest BCUT2D eigenvalue weighted by Gasteiger charge is 2.20. The summed E-state index contributed by atoms with van der Waals surface area (Å²) >= 11 is 1.25. The summed E-state index contributed by atoms with van der Waals surface area (Å²) in [5, 5.41) is 8.41. The predicted octanol–water partition coefficient (Wildman–Crippen LogP) is 2.98. The number of nitrogens with one attached hydrogen (secondary N) is 1. The van der Waals surface area contributed by atoms with Crippen LogP contribution >= 0.6 is 11.8 Å². The molecular weight excluding hydrogens is 362 g/mol. The molecule has 0 bridgehead atoms. The molecule has 0 aliphatic heterocycles. The van der Waals surface area contributed by atoms with Crippen LogP contribution in [-0.2, 0) is 11.8 Å². The summed E-state index contributed by atoms with van der Waals surface area (Å²) in [6, 6.07) is 9.42. The number of aromatic nitrogens is 4. The second-order valence-corrected chi connectivity index (χ2v) is 7.65. The van der Waals surface area contributed by atoms with E-state index in [-0.39, 0.29) is 17.2 Å². The van der Waals surface area contributed by atoms with Crippen molar-refractivity contribution in [1.29, 1.82) is 0 Å². The molecule has 140 valence electrons. The predicted molar refractivity (Wildman–Crippen MR) is 106 cm³/mol. The van der Waals surface area contributed by atoms with Gasteiger partial charge in [-0.25, -0.2) is 9.67 Å². The molecule has 2 aromatic heterocycles. The van der Waals surface area contributed by atoms with Gasteiger partial charge in [0, 0.05) is 13.1 Å². The van der Waals surface area contributed by atoms with Crippen molar-refractivity contribution in [2.45, 2.75) is 36.9 Å². The number of fused-ring (bicyclic) bond motifs is 1. The molecule has 0 saturated heterocycles. The zero-order valence-corrected chi connectivity index (χ0v) is 15.9. The fraction of sp³-hybridized carbons (Fsp3) is 0.368. The van der Waals surface area contributed by atoms with Crippen molar-refractivity contribution >= 4 is 34.4 Å². The van der Waals surface area contributed by atoms with Gasteiger partial charge in [0.1, 0.15) is 5.82 Å². The van der Waals surface area contributed by atoms with Gasteiger partial charge in [-0.2, -0.15) is 5.10 Å². The van der Waals surface area contributed by atoms with Crippen molar-refractivity contribution in [1.82, 2.24) is 19.3 Å². The molecule has 1 N–H and O–H groups in total. The first kappa shape index (κ1) is 17.8. The molecule has 27 heavy (non-hydrogen) atoms. The maximum absolute atomic E-state index is 12.4. The quantitative estimate of drug-likeness (QED) is 0.541. The van der Waals surface area contributed by atoms with Gasteiger partial charge in [-0.05, 0) is 25.0 Å². The molecule has 8 heteroatoms. The lowest BCUT2D eigenvalue weighted by Gasteiger charge is -2.14. The van der Waals surface area contributed by atoms with Gasteiger partial charge in [-0.1, -0.05) is 36.7 Å². The summed E-state index contributed by atoms with van der Waals surface area (Å²) in [4.78, 5) is 29.4. The third-order valence-electron chi connectivity index (χ3n) is 4.88. The number of anilines is 1. The highest BCUT2D eigenvalue weighted by molar-refractivity contribution is 7.99. The first-order valence-electron chi connectivity index (χ1n) is 9.05. The molecular formula is C19H21N5O2S. The first-order valence-corrected chi connectivity index (χ1v) is 10.0. The van der Waals surface area contributed by atoms with E-state index in [1.54, 1.807) is 25.4 Å². The van der Waals surface area contributed by atoms with Crippen LogP contribution in [-0.4, -0.2) is 31.0 Å². The van der Waals surface area contributed by atoms with Crippen LogP contribution in [0.2, 0.25) is 0 Å². The third kappa shape index (κ3) is 3.62. The van der Waals surface area contributed by atoms with Crippen LogP contribution in [0.5, 0.6) is 0 Å². The van der Waals surface area contributed by atoms with Gasteiger partial charge in [0.25, 0.3) is 5.56 Å². The number of benzene rings is 1. The minimum atomic E-state index is -0.137. The Bertz CT molecular complexity index is 1040. The maximum Gasteiger partial charge on any atom is 0.261 e. The van der Waals surface area contributed by atoms with Gasteiger partial charge < -0.3 is 5.32 Å². The standard InChI is InChI=1S/C19H21N5O2S/c1-23-18(26)14-8-4-5-9-15(14)21-19(23)27-12-17(25)22-16-10-11-20-24(16)13-6-2-3-7-13/h4-5,8-11,13H,2-3,6-7,12H2,1H3,(H,22,25). The van der Waals surface area contributed by atoms with Gasteiger partial charge in [0.05, 0.1) is 28.9 Å². The van der Waals surface area contributed by atoms with Gasteiger partial charge in [0.15, 0.2) is 5.16 Å². The van der Waals surface area contributed by atoms with E-state index in [1.807, 2.05) is 22.9 Å². The van der Waals surface area contributed by atoms with E-state index in [4.69, 9.17) is 0 Å². The molecule has 0 spiro atoms. The van der Waals surface area contributed by atoms with Crippen LogP contribution in [0, 0.1) is 0 Å². The number of hydrogen-bond donors (Lipinski definition) is 1. The molecule has 1 saturated carbocycles. The molecule has 2 heterocycles. The number of carbonyl (C=O) groups excluding carboxylic acids is 1. The smallest absolute Gasteiger partial charge is 0.261 e. The molecule has 1 fully saturated rings. The Labute approximate surface area is 160 Å². The Kier molecular flexibility index (Phi) is 4.98. The minimum Gasteiger partial charge on any atom is -0.310 e. The lowest BCUT2D eigenvalue weighted by molar-refractivity contribution is -0.113. The van der Waals surface area contributed by atoms with Crippen molar-refractivity contribution in [3.05, 3.63) is 46.9 Å². The number of thioether (sulfide) groups is 1. The minimum absolute atomic E-state index is 0.109. The summed E-state index contributed by atoms with van der Waals surface area (Å²) in [5.41, 5.74) is 0.533.